The zero-order valence-corrected chi connectivity index (χ0v) is 19.1. The van der Waals surface area contributed by atoms with Gasteiger partial charge in [-0.25, -0.2) is 4.79 Å². The van der Waals surface area contributed by atoms with Gasteiger partial charge in [0.1, 0.15) is 17.7 Å². The van der Waals surface area contributed by atoms with Crippen LogP contribution in [0.4, 0.5) is 0 Å². The van der Waals surface area contributed by atoms with Gasteiger partial charge in [0.2, 0.25) is 0 Å². The van der Waals surface area contributed by atoms with Crippen LogP contribution in [0.3, 0.4) is 0 Å². The summed E-state index contributed by atoms with van der Waals surface area (Å²) in [7, 11) is 0. The number of allylic oxidation sites excluding steroid dienone is 2. The summed E-state index contributed by atoms with van der Waals surface area (Å²) >= 11 is 0. The lowest BCUT2D eigenvalue weighted by Gasteiger charge is -2.56. The van der Waals surface area contributed by atoms with E-state index in [4.69, 9.17) is 4.74 Å². The molecule has 0 bridgehead atoms. The number of hydrogen-bond donors (Lipinski definition) is 0. The third-order valence-electron chi connectivity index (χ3n) is 8.38. The maximum atomic E-state index is 13.7. The summed E-state index contributed by atoms with van der Waals surface area (Å²) in [5.74, 6) is -0.0700. The van der Waals surface area contributed by atoms with Crippen LogP contribution in [0.1, 0.15) is 70.2 Å². The molecule has 0 aromatic heterocycles. The first-order valence-corrected chi connectivity index (χ1v) is 11.7. The minimum atomic E-state index is -0.621. The first-order chi connectivity index (χ1) is 14.7. The Hall–Kier alpha value is -2.23. The fraction of sp³-hybridized carbons (Fsp3) is 0.593. The third-order valence-corrected chi connectivity index (χ3v) is 8.38. The van der Waals surface area contributed by atoms with Crippen LogP contribution in [0.2, 0.25) is 0 Å². The van der Waals surface area contributed by atoms with Gasteiger partial charge >= 0.3 is 5.97 Å². The molecule has 0 radical (unpaired) electrons. The van der Waals surface area contributed by atoms with Crippen LogP contribution in [0.5, 0.6) is 0 Å². The lowest BCUT2D eigenvalue weighted by molar-refractivity contribution is -0.171. The molecular formula is C27H34O4. The van der Waals surface area contributed by atoms with Gasteiger partial charge in [0.25, 0.3) is 0 Å². The van der Waals surface area contributed by atoms with Crippen molar-refractivity contribution in [2.45, 2.75) is 65.9 Å². The van der Waals surface area contributed by atoms with Crippen LogP contribution in [0.15, 0.2) is 42.0 Å². The topological polar surface area (TPSA) is 60.4 Å². The van der Waals surface area contributed by atoms with E-state index in [9.17, 15) is 14.4 Å². The van der Waals surface area contributed by atoms with Crippen LogP contribution in [-0.4, -0.2) is 23.6 Å². The average Bonchev–Trinajstić information content (AvgIpc) is 2.95. The zero-order valence-electron chi connectivity index (χ0n) is 19.1. The van der Waals surface area contributed by atoms with Crippen molar-refractivity contribution in [2.75, 3.05) is 0 Å². The highest BCUT2D eigenvalue weighted by molar-refractivity contribution is 5.93. The van der Waals surface area contributed by atoms with Gasteiger partial charge < -0.3 is 4.74 Å². The maximum absolute atomic E-state index is 13.7. The molecule has 0 N–H and O–H groups in total. The molecule has 4 heteroatoms. The van der Waals surface area contributed by atoms with Gasteiger partial charge in [0.05, 0.1) is 5.56 Å². The minimum absolute atomic E-state index is 0.0194. The second kappa shape index (κ2) is 8.37. The van der Waals surface area contributed by atoms with Crippen LogP contribution in [-0.2, 0) is 14.3 Å². The fourth-order valence-corrected chi connectivity index (χ4v) is 6.38. The van der Waals surface area contributed by atoms with Crippen molar-refractivity contribution >= 4 is 17.5 Å². The number of Topliss-reactive ketones (excluding diaryl/α,β-unsaturated/α-hetero) is 2. The molecule has 0 saturated heterocycles. The summed E-state index contributed by atoms with van der Waals surface area (Å²) in [6.07, 6.45) is 5.01. The standard InChI is InChI=1S/C27H34O4/c1-16(2)20-14-24(29)27(4)21-13-11-17(3)10-12-19(21)23(28)15-22(27)25(20)31-26(30)18-8-6-5-7-9-18/h5-10,16,19-22,25H,11-15H2,1-4H3/t19-,20-,21-,22+,25-,27+/m0/s1. The number of carbonyl (C=O) groups is 3. The van der Waals surface area contributed by atoms with Crippen LogP contribution in [0, 0.1) is 35.0 Å². The Morgan fingerprint density at radius 3 is 2.48 bits per heavy atom. The minimum Gasteiger partial charge on any atom is -0.458 e. The Morgan fingerprint density at radius 1 is 1.10 bits per heavy atom. The van der Waals surface area contributed by atoms with E-state index < -0.39 is 11.5 Å². The van der Waals surface area contributed by atoms with Gasteiger partial charge in [-0.1, -0.05) is 50.6 Å². The van der Waals surface area contributed by atoms with Crippen molar-refractivity contribution in [1.82, 2.24) is 0 Å². The van der Waals surface area contributed by atoms with Crippen LogP contribution >= 0.6 is 0 Å². The van der Waals surface area contributed by atoms with Gasteiger partial charge in [0, 0.05) is 36.0 Å². The van der Waals surface area contributed by atoms with E-state index in [0.717, 1.165) is 19.3 Å². The number of carbonyl (C=O) groups excluding carboxylic acids is 3. The Kier molecular flexibility index (Phi) is 5.93. The molecule has 1 aromatic carbocycles. The van der Waals surface area contributed by atoms with Crippen molar-refractivity contribution in [1.29, 1.82) is 0 Å². The summed E-state index contributed by atoms with van der Waals surface area (Å²) < 4.78 is 6.16. The molecule has 4 nitrogen and oxygen atoms in total. The van der Waals surface area contributed by atoms with Crippen LogP contribution in [0.25, 0.3) is 0 Å². The number of fused-ring (bicyclic) bond motifs is 3. The lowest BCUT2D eigenvalue weighted by atomic mass is 9.48. The first-order valence-electron chi connectivity index (χ1n) is 11.7. The van der Waals surface area contributed by atoms with Gasteiger partial charge in [0.15, 0.2) is 0 Å². The SMILES string of the molecule is CC1=CC[C@@H]2C(=O)C[C@@H]3[C@@H](OC(=O)c4ccccc4)[C@H](C(C)C)CC(=O)[C@]3(C)[C@H]2CC1. The Bertz CT molecular complexity index is 899. The lowest BCUT2D eigenvalue weighted by Crippen LogP contribution is -2.61. The molecule has 2 fully saturated rings. The number of esters is 1. The average molecular weight is 423 g/mol. The van der Waals surface area contributed by atoms with Gasteiger partial charge in [-0.3, -0.25) is 9.59 Å². The van der Waals surface area contributed by atoms with E-state index in [2.05, 4.69) is 33.8 Å². The monoisotopic (exact) mass is 422 g/mol. The summed E-state index contributed by atoms with van der Waals surface area (Å²) in [6.45, 7) is 8.33. The zero-order chi connectivity index (χ0) is 22.3. The van der Waals surface area contributed by atoms with Gasteiger partial charge in [-0.05, 0) is 50.2 Å². The molecule has 0 aliphatic heterocycles. The molecule has 3 aliphatic rings. The van der Waals surface area contributed by atoms with Crippen molar-refractivity contribution < 1.29 is 19.1 Å². The summed E-state index contributed by atoms with van der Waals surface area (Å²) in [4.78, 5) is 39.9. The second-order valence-corrected chi connectivity index (χ2v) is 10.4. The Balaban J connectivity index is 1.71. The molecule has 0 heterocycles. The second-order valence-electron chi connectivity index (χ2n) is 10.4. The van der Waals surface area contributed by atoms with Crippen molar-refractivity contribution in [3.63, 3.8) is 0 Å². The number of hydrogen-bond acceptors (Lipinski definition) is 4. The molecule has 31 heavy (non-hydrogen) atoms. The summed E-state index contributed by atoms with van der Waals surface area (Å²) in [5.41, 5.74) is 1.19. The normalized spacial score (nSPS) is 35.6. The molecular weight excluding hydrogens is 388 g/mol. The predicted octanol–water partition coefficient (Wildman–Crippen LogP) is 5.41. The van der Waals surface area contributed by atoms with E-state index in [-0.39, 0.29) is 47.1 Å². The number of rotatable bonds is 3. The van der Waals surface area contributed by atoms with Gasteiger partial charge in [-0.15, -0.1) is 0 Å². The maximum Gasteiger partial charge on any atom is 0.338 e. The number of benzene rings is 1. The predicted molar refractivity (Wildman–Crippen MR) is 119 cm³/mol. The number of ether oxygens (including phenoxy) is 1. The Labute approximate surface area is 185 Å². The number of ketones is 2. The largest absolute Gasteiger partial charge is 0.458 e. The molecule has 1 aromatic rings. The molecule has 0 unspecified atom stereocenters. The highest BCUT2D eigenvalue weighted by Crippen LogP contribution is 2.58. The quantitative estimate of drug-likeness (QED) is 0.482. The van der Waals surface area contributed by atoms with Crippen LogP contribution < -0.4 is 0 Å². The van der Waals surface area contributed by atoms with Crippen molar-refractivity contribution in [3.8, 4) is 0 Å². The molecule has 0 amide bonds. The van der Waals surface area contributed by atoms with Gasteiger partial charge in [-0.2, -0.15) is 0 Å². The molecule has 166 valence electrons. The van der Waals surface area contributed by atoms with Crippen molar-refractivity contribution in [3.05, 3.63) is 47.5 Å². The summed E-state index contributed by atoms with van der Waals surface area (Å²) in [5, 5.41) is 0. The molecule has 6 atom stereocenters. The van der Waals surface area contributed by atoms with Crippen molar-refractivity contribution in [2.24, 2.45) is 35.0 Å². The smallest absolute Gasteiger partial charge is 0.338 e. The van der Waals surface area contributed by atoms with E-state index in [1.165, 1.54) is 5.57 Å². The van der Waals surface area contributed by atoms with E-state index >= 15 is 0 Å². The molecule has 2 saturated carbocycles. The highest BCUT2D eigenvalue weighted by atomic mass is 16.5. The van der Waals surface area contributed by atoms with E-state index in [1.54, 1.807) is 12.1 Å². The van der Waals surface area contributed by atoms with E-state index in [0.29, 0.717) is 18.4 Å². The molecule has 0 spiro atoms. The molecule has 4 rings (SSSR count). The Morgan fingerprint density at radius 2 is 1.81 bits per heavy atom. The fourth-order valence-electron chi connectivity index (χ4n) is 6.38. The first kappa shape index (κ1) is 22.0. The molecule has 3 aliphatic carbocycles. The third kappa shape index (κ3) is 3.79. The highest BCUT2D eigenvalue weighted by Gasteiger charge is 2.62. The van der Waals surface area contributed by atoms with E-state index in [1.807, 2.05) is 18.2 Å². The summed E-state index contributed by atoms with van der Waals surface area (Å²) in [6, 6.07) is 9.01.